The van der Waals surface area contributed by atoms with Crippen LogP contribution in [0.3, 0.4) is 0 Å². The molecule has 1 aliphatic heterocycles. The molecule has 1 saturated heterocycles. The van der Waals surface area contributed by atoms with Crippen LogP contribution in [0, 0.1) is 16.7 Å². The minimum absolute atomic E-state index is 0.0983. The first-order valence-corrected chi connectivity index (χ1v) is 11.6. The molecule has 2 unspecified atom stereocenters. The first kappa shape index (κ1) is 20.4. The molecule has 0 spiro atoms. The number of ketones is 1. The van der Waals surface area contributed by atoms with E-state index in [1.54, 1.807) is 0 Å². The van der Waals surface area contributed by atoms with Crippen molar-refractivity contribution >= 4 is 11.7 Å². The van der Waals surface area contributed by atoms with E-state index in [4.69, 9.17) is 0 Å². The molecular weight excluding hydrogens is 384 g/mol. The van der Waals surface area contributed by atoms with Crippen molar-refractivity contribution in [3.8, 4) is 0 Å². The second-order valence-electron chi connectivity index (χ2n) is 10.1. The van der Waals surface area contributed by atoms with Crippen LogP contribution in [0.4, 0.5) is 0 Å². The highest BCUT2D eigenvalue weighted by Gasteiger charge is 2.65. The van der Waals surface area contributed by atoms with Crippen molar-refractivity contribution in [1.82, 2.24) is 9.80 Å². The van der Waals surface area contributed by atoms with Gasteiger partial charge in [0.05, 0.1) is 6.04 Å². The Hall–Kier alpha value is -2.46. The molecule has 1 amide bonds. The molecule has 2 aromatic rings. The number of hydrogen-bond donors (Lipinski definition) is 0. The topological polar surface area (TPSA) is 40.6 Å². The van der Waals surface area contributed by atoms with Crippen molar-refractivity contribution in [1.29, 1.82) is 0 Å². The molecule has 0 aromatic heterocycles. The summed E-state index contributed by atoms with van der Waals surface area (Å²) in [5.41, 5.74) is 1.47. The van der Waals surface area contributed by atoms with Gasteiger partial charge in [0.15, 0.2) is 5.78 Å². The van der Waals surface area contributed by atoms with Crippen molar-refractivity contribution in [3.05, 3.63) is 71.8 Å². The molecule has 0 radical (unpaired) electrons. The van der Waals surface area contributed by atoms with Crippen molar-refractivity contribution < 1.29 is 9.59 Å². The lowest BCUT2D eigenvalue weighted by molar-refractivity contribution is -0.152. The summed E-state index contributed by atoms with van der Waals surface area (Å²) in [6.07, 6.45) is 2.51. The zero-order chi connectivity index (χ0) is 21.6. The van der Waals surface area contributed by atoms with Gasteiger partial charge in [-0.3, -0.25) is 14.5 Å². The molecule has 2 saturated carbocycles. The van der Waals surface area contributed by atoms with Gasteiger partial charge in [-0.05, 0) is 36.3 Å². The van der Waals surface area contributed by atoms with Gasteiger partial charge in [0.25, 0.3) is 0 Å². The highest BCUT2D eigenvalue weighted by Crippen LogP contribution is 2.60. The molecule has 2 aliphatic carbocycles. The standard InChI is InChI=1S/C27H32N2O2/c1-26(2)22-13-14-27(19-22,24(26)30)25(31)29-17-15-28(16-18-29)23(20-9-5-3-6-10-20)21-11-7-4-8-12-21/h3-12,22-23H,13-19H2,1-2H3. The molecule has 2 atom stereocenters. The minimum Gasteiger partial charge on any atom is -0.339 e. The maximum absolute atomic E-state index is 13.6. The number of Topliss-reactive ketones (excluding diaryl/α,β-unsaturated/α-hetero) is 1. The number of carbonyl (C=O) groups is 2. The summed E-state index contributed by atoms with van der Waals surface area (Å²) in [5, 5.41) is 0. The average Bonchev–Trinajstić information content (AvgIpc) is 3.34. The van der Waals surface area contributed by atoms with Crippen LogP contribution in [0.25, 0.3) is 0 Å². The molecule has 162 valence electrons. The van der Waals surface area contributed by atoms with Gasteiger partial charge in [-0.15, -0.1) is 0 Å². The van der Waals surface area contributed by atoms with Crippen LogP contribution in [0.2, 0.25) is 0 Å². The van der Waals surface area contributed by atoms with Gasteiger partial charge in [0.2, 0.25) is 5.91 Å². The Morgan fingerprint density at radius 2 is 1.45 bits per heavy atom. The number of benzene rings is 2. The monoisotopic (exact) mass is 416 g/mol. The first-order valence-electron chi connectivity index (χ1n) is 11.6. The van der Waals surface area contributed by atoms with Gasteiger partial charge < -0.3 is 4.90 Å². The lowest BCUT2D eigenvalue weighted by atomic mass is 9.70. The summed E-state index contributed by atoms with van der Waals surface area (Å²) >= 11 is 0. The summed E-state index contributed by atoms with van der Waals surface area (Å²) in [5.74, 6) is 0.655. The summed E-state index contributed by atoms with van der Waals surface area (Å²) in [7, 11) is 0. The maximum Gasteiger partial charge on any atom is 0.236 e. The van der Waals surface area contributed by atoms with E-state index < -0.39 is 5.41 Å². The molecule has 1 heterocycles. The Morgan fingerprint density at radius 3 is 1.94 bits per heavy atom. The van der Waals surface area contributed by atoms with Crippen LogP contribution in [0.1, 0.15) is 50.3 Å². The zero-order valence-corrected chi connectivity index (χ0v) is 18.6. The molecule has 3 fully saturated rings. The normalized spacial score (nSPS) is 27.8. The van der Waals surface area contributed by atoms with Gasteiger partial charge >= 0.3 is 0 Å². The Balaban J connectivity index is 1.34. The summed E-state index contributed by atoms with van der Waals surface area (Å²) in [6, 6.07) is 21.4. The number of carbonyl (C=O) groups excluding carboxylic acids is 2. The van der Waals surface area contributed by atoms with Crippen LogP contribution < -0.4 is 0 Å². The predicted molar refractivity (Wildman–Crippen MR) is 121 cm³/mol. The predicted octanol–water partition coefficient (Wildman–Crippen LogP) is 4.32. The Bertz CT molecular complexity index is 924. The quantitative estimate of drug-likeness (QED) is 0.697. The van der Waals surface area contributed by atoms with E-state index >= 15 is 0 Å². The number of hydrogen-bond acceptors (Lipinski definition) is 3. The minimum atomic E-state index is -0.741. The van der Waals surface area contributed by atoms with Crippen LogP contribution in [0.15, 0.2) is 60.7 Å². The summed E-state index contributed by atoms with van der Waals surface area (Å²) < 4.78 is 0. The van der Waals surface area contributed by atoms with Gasteiger partial charge in [-0.2, -0.15) is 0 Å². The van der Waals surface area contributed by atoms with Gasteiger partial charge in [-0.25, -0.2) is 0 Å². The van der Waals surface area contributed by atoms with E-state index in [-0.39, 0.29) is 23.1 Å². The van der Waals surface area contributed by atoms with Crippen molar-refractivity contribution in [2.24, 2.45) is 16.7 Å². The molecular formula is C27H32N2O2. The summed E-state index contributed by atoms with van der Waals surface area (Å²) in [4.78, 5) is 31.2. The van der Waals surface area contributed by atoms with Crippen molar-refractivity contribution in [2.75, 3.05) is 26.2 Å². The van der Waals surface area contributed by atoms with Gasteiger partial charge in [0, 0.05) is 31.6 Å². The lowest BCUT2D eigenvalue weighted by Gasteiger charge is -2.42. The number of rotatable bonds is 4. The third-order valence-electron chi connectivity index (χ3n) is 8.16. The number of amides is 1. The van der Waals surface area contributed by atoms with Crippen LogP contribution >= 0.6 is 0 Å². The van der Waals surface area contributed by atoms with Gasteiger partial charge in [-0.1, -0.05) is 74.5 Å². The Kier molecular flexibility index (Phi) is 5.01. The van der Waals surface area contributed by atoms with Crippen LogP contribution in [-0.2, 0) is 9.59 Å². The number of nitrogens with zero attached hydrogens (tertiary/aromatic N) is 2. The zero-order valence-electron chi connectivity index (χ0n) is 18.6. The molecule has 4 nitrogen and oxygen atoms in total. The van der Waals surface area contributed by atoms with Crippen molar-refractivity contribution in [2.45, 2.75) is 39.2 Å². The van der Waals surface area contributed by atoms with E-state index in [9.17, 15) is 9.59 Å². The number of piperazine rings is 1. The molecule has 2 bridgehead atoms. The third kappa shape index (κ3) is 3.23. The van der Waals surface area contributed by atoms with Crippen molar-refractivity contribution in [3.63, 3.8) is 0 Å². The molecule has 5 rings (SSSR count). The highest BCUT2D eigenvalue weighted by atomic mass is 16.2. The molecule has 4 heteroatoms. The summed E-state index contributed by atoms with van der Waals surface area (Å²) in [6.45, 7) is 7.09. The van der Waals surface area contributed by atoms with E-state index in [0.717, 1.165) is 32.4 Å². The molecule has 2 aromatic carbocycles. The van der Waals surface area contributed by atoms with E-state index in [1.165, 1.54) is 11.1 Å². The van der Waals surface area contributed by atoms with Crippen LogP contribution in [0.5, 0.6) is 0 Å². The van der Waals surface area contributed by atoms with E-state index in [0.29, 0.717) is 19.0 Å². The SMILES string of the molecule is CC1(C)C(=O)C2(C(=O)N3CCN(C(c4ccccc4)c4ccccc4)CC3)CCC1C2. The molecule has 0 N–H and O–H groups in total. The fourth-order valence-corrected chi connectivity index (χ4v) is 6.33. The second kappa shape index (κ2) is 7.59. The fourth-order valence-electron chi connectivity index (χ4n) is 6.33. The number of fused-ring (bicyclic) bond motifs is 2. The largest absolute Gasteiger partial charge is 0.339 e. The lowest BCUT2D eigenvalue weighted by Crippen LogP contribution is -2.55. The maximum atomic E-state index is 13.6. The van der Waals surface area contributed by atoms with E-state index in [2.05, 4.69) is 65.6 Å². The van der Waals surface area contributed by atoms with Crippen LogP contribution in [-0.4, -0.2) is 47.7 Å². The smallest absolute Gasteiger partial charge is 0.236 e. The van der Waals surface area contributed by atoms with E-state index in [1.807, 2.05) is 18.7 Å². The average molecular weight is 417 g/mol. The highest BCUT2D eigenvalue weighted by molar-refractivity contribution is 6.10. The Labute approximate surface area is 185 Å². The second-order valence-corrected chi connectivity index (χ2v) is 10.1. The Morgan fingerprint density at radius 1 is 0.903 bits per heavy atom. The molecule has 31 heavy (non-hydrogen) atoms. The fraction of sp³-hybridized carbons (Fsp3) is 0.481. The van der Waals surface area contributed by atoms with Gasteiger partial charge in [0.1, 0.15) is 5.41 Å². The third-order valence-corrected chi connectivity index (χ3v) is 8.16. The molecule has 3 aliphatic rings. The first-order chi connectivity index (χ1) is 14.9.